The molecule has 1 atom stereocenters. The fourth-order valence-corrected chi connectivity index (χ4v) is 4.26. The monoisotopic (exact) mass is 405 g/mol. The molecule has 0 radical (unpaired) electrons. The van der Waals surface area contributed by atoms with Crippen molar-refractivity contribution in [2.45, 2.75) is 38.8 Å². The lowest BCUT2D eigenvalue weighted by Gasteiger charge is -2.39. The van der Waals surface area contributed by atoms with E-state index in [4.69, 9.17) is 0 Å². The fourth-order valence-electron chi connectivity index (χ4n) is 4.26. The summed E-state index contributed by atoms with van der Waals surface area (Å²) in [5, 5.41) is 2.93. The van der Waals surface area contributed by atoms with Crippen LogP contribution in [0.3, 0.4) is 0 Å². The van der Waals surface area contributed by atoms with Crippen molar-refractivity contribution in [1.29, 1.82) is 0 Å². The lowest BCUT2D eigenvalue weighted by Crippen LogP contribution is -2.39. The first kappa shape index (κ1) is 19.2. The Labute approximate surface area is 162 Å². The van der Waals surface area contributed by atoms with Gasteiger partial charge in [0.2, 0.25) is 0 Å². The summed E-state index contributed by atoms with van der Waals surface area (Å²) in [5.74, 6) is -1.53. The largest absolute Gasteiger partial charge is 0.416 e. The Hall–Kier alpha value is -3.10. The third-order valence-corrected chi connectivity index (χ3v) is 5.33. The minimum Gasteiger partial charge on any atom is -0.344 e. The molecular formula is C20H18F3N3O3. The van der Waals surface area contributed by atoms with Crippen LogP contribution in [-0.2, 0) is 11.0 Å². The summed E-state index contributed by atoms with van der Waals surface area (Å²) < 4.78 is 41.2. The predicted octanol–water partition coefficient (Wildman–Crippen LogP) is 3.28. The molecule has 4 rings (SSSR count). The van der Waals surface area contributed by atoms with Gasteiger partial charge in [-0.2, -0.15) is 13.2 Å². The molecule has 0 amide bonds. The molecule has 1 aromatic carbocycles. The highest BCUT2D eigenvalue weighted by Crippen LogP contribution is 2.49. The van der Waals surface area contributed by atoms with Gasteiger partial charge < -0.3 is 5.32 Å². The summed E-state index contributed by atoms with van der Waals surface area (Å²) in [7, 11) is 0. The maximum Gasteiger partial charge on any atom is 0.416 e. The molecule has 1 aliphatic heterocycles. The lowest BCUT2D eigenvalue weighted by molar-refractivity contribution is -0.138. The van der Waals surface area contributed by atoms with Gasteiger partial charge in [-0.25, -0.2) is 4.79 Å². The van der Waals surface area contributed by atoms with E-state index in [0.717, 1.165) is 6.07 Å². The molecule has 1 aliphatic carbocycles. The van der Waals surface area contributed by atoms with Gasteiger partial charge in [0.1, 0.15) is 5.82 Å². The second-order valence-corrected chi connectivity index (χ2v) is 8.17. The number of aromatic amines is 2. The maximum absolute atomic E-state index is 13.7. The van der Waals surface area contributed by atoms with Crippen LogP contribution < -0.4 is 16.6 Å². The van der Waals surface area contributed by atoms with Crippen molar-refractivity contribution in [3.8, 4) is 0 Å². The third kappa shape index (κ3) is 3.20. The van der Waals surface area contributed by atoms with Crippen LogP contribution in [0.15, 0.2) is 45.1 Å². The van der Waals surface area contributed by atoms with Crippen LogP contribution >= 0.6 is 0 Å². The number of carbonyl (C=O) groups excluding carboxylic acids is 1. The van der Waals surface area contributed by atoms with Crippen molar-refractivity contribution < 1.29 is 18.0 Å². The first-order chi connectivity index (χ1) is 13.5. The second-order valence-electron chi connectivity index (χ2n) is 8.17. The van der Waals surface area contributed by atoms with Crippen LogP contribution in [0.25, 0.3) is 0 Å². The van der Waals surface area contributed by atoms with Crippen LogP contribution in [0.2, 0.25) is 0 Å². The zero-order valence-electron chi connectivity index (χ0n) is 15.7. The average molecular weight is 405 g/mol. The number of rotatable bonds is 1. The number of aromatic nitrogens is 2. The molecule has 0 saturated carbocycles. The van der Waals surface area contributed by atoms with Gasteiger partial charge in [-0.15, -0.1) is 0 Å². The van der Waals surface area contributed by atoms with Crippen LogP contribution in [0.5, 0.6) is 0 Å². The van der Waals surface area contributed by atoms with Crippen LogP contribution in [-0.4, -0.2) is 15.8 Å². The van der Waals surface area contributed by atoms with E-state index in [1.165, 1.54) is 18.2 Å². The molecule has 0 spiro atoms. The smallest absolute Gasteiger partial charge is 0.344 e. The molecule has 0 saturated heterocycles. The zero-order chi connectivity index (χ0) is 21.1. The molecule has 0 unspecified atom stereocenters. The van der Waals surface area contributed by atoms with E-state index in [-0.39, 0.29) is 34.7 Å². The lowest BCUT2D eigenvalue weighted by atomic mass is 9.69. The Morgan fingerprint density at radius 1 is 1.03 bits per heavy atom. The topological polar surface area (TPSA) is 94.8 Å². The number of nitrogens with one attached hydrogen (secondary N) is 3. The quantitative estimate of drug-likeness (QED) is 0.679. The molecule has 9 heteroatoms. The van der Waals surface area contributed by atoms with E-state index in [1.54, 1.807) is 0 Å². The first-order valence-electron chi connectivity index (χ1n) is 9.04. The number of halogens is 3. The van der Waals surface area contributed by atoms with E-state index in [2.05, 4.69) is 15.3 Å². The third-order valence-electron chi connectivity index (χ3n) is 5.33. The van der Waals surface area contributed by atoms with Crippen molar-refractivity contribution in [2.24, 2.45) is 5.41 Å². The molecule has 1 aromatic heterocycles. The highest BCUT2D eigenvalue weighted by molar-refractivity contribution is 6.01. The Morgan fingerprint density at radius 3 is 2.41 bits per heavy atom. The summed E-state index contributed by atoms with van der Waals surface area (Å²) in [6.45, 7) is 3.76. The number of hydrogen-bond donors (Lipinski definition) is 3. The van der Waals surface area contributed by atoms with Crippen molar-refractivity contribution in [2.75, 3.05) is 5.32 Å². The van der Waals surface area contributed by atoms with Gasteiger partial charge in [0.25, 0.3) is 5.56 Å². The van der Waals surface area contributed by atoms with Crippen LogP contribution in [0.4, 0.5) is 19.0 Å². The molecule has 6 nitrogen and oxygen atoms in total. The Kier molecular flexibility index (Phi) is 4.11. The average Bonchev–Trinajstić information content (AvgIpc) is 2.57. The number of alkyl halides is 3. The Balaban J connectivity index is 2.06. The molecular weight excluding hydrogens is 387 g/mol. The molecule has 3 N–H and O–H groups in total. The van der Waals surface area contributed by atoms with E-state index in [9.17, 15) is 27.6 Å². The standard InChI is InChI=1S/C20H18F3N3O3/c1-19(2)7-11-14(12(27)8-19)13(9-5-3-4-6-10(9)20(21,22)23)15-16(24-11)25-18(29)26-17(15)28/h3-6,13H,7-8H2,1-2H3,(H3,24,25,26,28,29)/t13-/m0/s1. The molecule has 2 aliphatic rings. The van der Waals surface area contributed by atoms with Gasteiger partial charge in [0, 0.05) is 23.6 Å². The van der Waals surface area contributed by atoms with Gasteiger partial charge >= 0.3 is 11.9 Å². The number of carbonyl (C=O) groups is 1. The van der Waals surface area contributed by atoms with Crippen LogP contribution in [0.1, 0.15) is 49.3 Å². The predicted molar refractivity (Wildman–Crippen MR) is 99.6 cm³/mol. The highest BCUT2D eigenvalue weighted by atomic mass is 19.4. The second kappa shape index (κ2) is 6.20. The number of benzene rings is 1. The van der Waals surface area contributed by atoms with Gasteiger partial charge in [-0.3, -0.25) is 19.6 Å². The Bertz CT molecular complexity index is 1170. The number of fused-ring (bicyclic) bond motifs is 1. The number of anilines is 1. The first-order valence-corrected chi connectivity index (χ1v) is 9.04. The highest BCUT2D eigenvalue weighted by Gasteiger charge is 2.45. The maximum atomic E-state index is 13.7. The van der Waals surface area contributed by atoms with Crippen molar-refractivity contribution >= 4 is 11.6 Å². The molecule has 152 valence electrons. The van der Waals surface area contributed by atoms with E-state index < -0.39 is 34.3 Å². The summed E-state index contributed by atoms with van der Waals surface area (Å²) in [4.78, 5) is 41.9. The van der Waals surface area contributed by atoms with E-state index in [1.807, 2.05) is 13.8 Å². The zero-order valence-corrected chi connectivity index (χ0v) is 15.7. The van der Waals surface area contributed by atoms with Crippen LogP contribution in [0, 0.1) is 5.41 Å². The molecule has 2 heterocycles. The molecule has 0 bridgehead atoms. The Morgan fingerprint density at radius 2 is 1.72 bits per heavy atom. The molecule has 2 aromatic rings. The number of allylic oxidation sites excluding steroid dienone is 2. The minimum atomic E-state index is -4.67. The molecule has 0 fully saturated rings. The van der Waals surface area contributed by atoms with Crippen molar-refractivity contribution in [3.63, 3.8) is 0 Å². The van der Waals surface area contributed by atoms with Crippen molar-refractivity contribution in [1.82, 2.24) is 9.97 Å². The summed E-state index contributed by atoms with van der Waals surface area (Å²) in [5.41, 5.74) is -2.66. The fraction of sp³-hybridized carbons (Fsp3) is 0.350. The summed E-state index contributed by atoms with van der Waals surface area (Å²) in [6, 6.07) is 4.88. The molecule has 29 heavy (non-hydrogen) atoms. The van der Waals surface area contributed by atoms with E-state index >= 15 is 0 Å². The normalized spacial score (nSPS) is 20.7. The van der Waals surface area contributed by atoms with E-state index in [0.29, 0.717) is 12.1 Å². The number of Topliss-reactive ketones (excluding diaryl/α,β-unsaturated/α-hetero) is 1. The van der Waals surface area contributed by atoms with Gasteiger partial charge in [-0.05, 0) is 23.5 Å². The number of ketones is 1. The summed E-state index contributed by atoms with van der Waals surface area (Å²) >= 11 is 0. The van der Waals surface area contributed by atoms with Gasteiger partial charge in [0.15, 0.2) is 5.78 Å². The number of hydrogen-bond acceptors (Lipinski definition) is 4. The van der Waals surface area contributed by atoms with Gasteiger partial charge in [-0.1, -0.05) is 32.0 Å². The SMILES string of the molecule is CC1(C)CC(=O)C2=C(C1)Nc1[nH]c(=O)[nH]c(=O)c1[C@H]2c1ccccc1C(F)(F)F. The minimum absolute atomic E-state index is 0.0185. The number of H-pyrrole nitrogens is 2. The van der Waals surface area contributed by atoms with Gasteiger partial charge in [0.05, 0.1) is 11.1 Å². The summed E-state index contributed by atoms with van der Waals surface area (Å²) in [6.07, 6.45) is -4.13. The van der Waals surface area contributed by atoms with Crippen molar-refractivity contribution in [3.05, 3.63) is 73.1 Å².